The number of hydrogen-bond donors (Lipinski definition) is 2. The van der Waals surface area contributed by atoms with Gasteiger partial charge in [0.05, 0.1) is 6.26 Å². The van der Waals surface area contributed by atoms with E-state index in [1.54, 1.807) is 6.26 Å². The molecule has 0 unspecified atom stereocenters. The first-order valence-electron chi connectivity index (χ1n) is 8.65. The molecule has 2 aliphatic heterocycles. The second kappa shape index (κ2) is 6.32. The summed E-state index contributed by atoms with van der Waals surface area (Å²) in [5.41, 5.74) is 3.58. The standard InChI is InChI=1S/C19H23N3O2/c1-13-10-14-4-2-3-5-17(14)22(13)12-15-7-9-24-18(15)19(23)21-16-6-8-20-11-16/h2-5,7,9,13,16,20H,6,8,10-12H2,1H3,(H,21,23)/t13-,16-/m0/s1. The summed E-state index contributed by atoms with van der Waals surface area (Å²) < 4.78 is 5.51. The lowest BCUT2D eigenvalue weighted by molar-refractivity contribution is 0.0910. The summed E-state index contributed by atoms with van der Waals surface area (Å²) in [4.78, 5) is 14.9. The van der Waals surface area contributed by atoms with Crippen molar-refractivity contribution in [3.63, 3.8) is 0 Å². The molecule has 1 aromatic carbocycles. The van der Waals surface area contributed by atoms with Gasteiger partial charge in [-0.05, 0) is 44.0 Å². The maximum atomic E-state index is 12.5. The molecular weight excluding hydrogens is 302 g/mol. The average molecular weight is 325 g/mol. The molecule has 1 saturated heterocycles. The Hall–Kier alpha value is -2.27. The van der Waals surface area contributed by atoms with Crippen LogP contribution in [0.4, 0.5) is 5.69 Å². The van der Waals surface area contributed by atoms with Gasteiger partial charge in [-0.25, -0.2) is 0 Å². The van der Waals surface area contributed by atoms with E-state index in [1.807, 2.05) is 6.07 Å². The molecule has 2 atom stereocenters. The molecule has 0 radical (unpaired) electrons. The Balaban J connectivity index is 1.52. The lowest BCUT2D eigenvalue weighted by Gasteiger charge is -2.24. The predicted molar refractivity (Wildman–Crippen MR) is 93.2 cm³/mol. The van der Waals surface area contributed by atoms with Crippen LogP contribution in [0.3, 0.4) is 0 Å². The average Bonchev–Trinajstić information content (AvgIpc) is 3.29. The molecule has 0 bridgehead atoms. The van der Waals surface area contributed by atoms with Crippen LogP contribution in [0.5, 0.6) is 0 Å². The molecule has 0 aliphatic carbocycles. The molecule has 0 spiro atoms. The second-order valence-electron chi connectivity index (χ2n) is 6.75. The van der Waals surface area contributed by atoms with Gasteiger partial charge >= 0.3 is 0 Å². The van der Waals surface area contributed by atoms with Crippen molar-refractivity contribution in [1.29, 1.82) is 0 Å². The van der Waals surface area contributed by atoms with Crippen LogP contribution < -0.4 is 15.5 Å². The predicted octanol–water partition coefficient (Wildman–Crippen LogP) is 2.32. The second-order valence-corrected chi connectivity index (χ2v) is 6.75. The van der Waals surface area contributed by atoms with E-state index < -0.39 is 0 Å². The number of carbonyl (C=O) groups excluding carboxylic acids is 1. The topological polar surface area (TPSA) is 57.5 Å². The third-order valence-electron chi connectivity index (χ3n) is 5.04. The molecule has 126 valence electrons. The Morgan fingerprint density at radius 3 is 3.08 bits per heavy atom. The van der Waals surface area contributed by atoms with E-state index >= 15 is 0 Å². The van der Waals surface area contributed by atoms with Gasteiger partial charge in [-0.2, -0.15) is 0 Å². The van der Waals surface area contributed by atoms with E-state index in [0.717, 1.165) is 31.5 Å². The maximum Gasteiger partial charge on any atom is 0.287 e. The van der Waals surface area contributed by atoms with Gasteiger partial charge in [-0.1, -0.05) is 18.2 Å². The molecule has 3 heterocycles. The summed E-state index contributed by atoms with van der Waals surface area (Å²) >= 11 is 0. The van der Waals surface area contributed by atoms with Crippen LogP contribution >= 0.6 is 0 Å². The Kier molecular flexibility index (Phi) is 4.02. The number of rotatable bonds is 4. The van der Waals surface area contributed by atoms with Gasteiger partial charge in [0.1, 0.15) is 0 Å². The van der Waals surface area contributed by atoms with Gasteiger partial charge in [0.25, 0.3) is 5.91 Å². The smallest absolute Gasteiger partial charge is 0.287 e. The van der Waals surface area contributed by atoms with E-state index in [9.17, 15) is 4.79 Å². The molecule has 5 nitrogen and oxygen atoms in total. The molecule has 5 heteroatoms. The highest BCUT2D eigenvalue weighted by Crippen LogP contribution is 2.33. The lowest BCUT2D eigenvalue weighted by Crippen LogP contribution is -2.37. The zero-order chi connectivity index (χ0) is 16.5. The molecule has 0 saturated carbocycles. The normalized spacial score (nSPS) is 22.6. The maximum absolute atomic E-state index is 12.5. The molecule has 24 heavy (non-hydrogen) atoms. The number of furan rings is 1. The van der Waals surface area contributed by atoms with Crippen LogP contribution in [0.1, 0.15) is 35.0 Å². The number of fused-ring (bicyclic) bond motifs is 1. The van der Waals surface area contributed by atoms with Crippen LogP contribution in [-0.4, -0.2) is 31.1 Å². The zero-order valence-electron chi connectivity index (χ0n) is 13.9. The first-order valence-corrected chi connectivity index (χ1v) is 8.65. The summed E-state index contributed by atoms with van der Waals surface area (Å²) in [6, 6.07) is 11.0. The fourth-order valence-corrected chi connectivity index (χ4v) is 3.74. The number of nitrogens with one attached hydrogen (secondary N) is 2. The van der Waals surface area contributed by atoms with Crippen molar-refractivity contribution < 1.29 is 9.21 Å². The molecule has 2 aromatic rings. The summed E-state index contributed by atoms with van der Waals surface area (Å²) in [6.07, 6.45) is 3.63. The quantitative estimate of drug-likeness (QED) is 0.906. The molecule has 4 rings (SSSR count). The van der Waals surface area contributed by atoms with Crippen molar-refractivity contribution in [2.24, 2.45) is 0 Å². The van der Waals surface area contributed by atoms with Crippen LogP contribution in [0.2, 0.25) is 0 Å². The van der Waals surface area contributed by atoms with Crippen LogP contribution in [-0.2, 0) is 13.0 Å². The Morgan fingerprint density at radius 1 is 1.38 bits per heavy atom. The van der Waals surface area contributed by atoms with E-state index in [4.69, 9.17) is 4.42 Å². The van der Waals surface area contributed by atoms with Crippen molar-refractivity contribution in [1.82, 2.24) is 10.6 Å². The fraction of sp³-hybridized carbons (Fsp3) is 0.421. The van der Waals surface area contributed by atoms with E-state index in [-0.39, 0.29) is 11.9 Å². The fourth-order valence-electron chi connectivity index (χ4n) is 3.74. The number of amides is 1. The third kappa shape index (κ3) is 2.80. The van der Waals surface area contributed by atoms with Gasteiger partial charge in [-0.15, -0.1) is 0 Å². The van der Waals surface area contributed by atoms with Crippen molar-refractivity contribution in [3.05, 3.63) is 53.5 Å². The molecular formula is C19H23N3O2. The highest BCUT2D eigenvalue weighted by atomic mass is 16.3. The first-order chi connectivity index (χ1) is 11.7. The van der Waals surface area contributed by atoms with Crippen LogP contribution in [0.15, 0.2) is 41.0 Å². The lowest BCUT2D eigenvalue weighted by atomic mass is 10.1. The molecule has 1 amide bonds. The van der Waals surface area contributed by atoms with Gasteiger partial charge in [0, 0.05) is 36.4 Å². The van der Waals surface area contributed by atoms with Crippen LogP contribution in [0, 0.1) is 0 Å². The van der Waals surface area contributed by atoms with Crippen molar-refractivity contribution in [3.8, 4) is 0 Å². The first kappa shape index (κ1) is 15.3. The molecule has 2 aliphatic rings. The van der Waals surface area contributed by atoms with Crippen LogP contribution in [0.25, 0.3) is 0 Å². The Bertz CT molecular complexity index is 734. The van der Waals surface area contributed by atoms with Crippen molar-refractivity contribution in [2.45, 2.75) is 38.4 Å². The minimum Gasteiger partial charge on any atom is -0.459 e. The van der Waals surface area contributed by atoms with Crippen molar-refractivity contribution >= 4 is 11.6 Å². The number of anilines is 1. The Labute approximate surface area is 142 Å². The van der Waals surface area contributed by atoms with Crippen molar-refractivity contribution in [2.75, 3.05) is 18.0 Å². The summed E-state index contributed by atoms with van der Waals surface area (Å²) in [7, 11) is 0. The van der Waals surface area contributed by atoms with E-state index in [2.05, 4.69) is 46.7 Å². The van der Waals surface area contributed by atoms with Gasteiger partial charge in [0.2, 0.25) is 0 Å². The summed E-state index contributed by atoms with van der Waals surface area (Å²) in [5, 5.41) is 6.32. The number of para-hydroxylation sites is 1. The van der Waals surface area contributed by atoms with Gasteiger partial charge < -0.3 is 20.0 Å². The minimum absolute atomic E-state index is 0.108. The molecule has 1 aromatic heterocycles. The minimum atomic E-state index is -0.108. The third-order valence-corrected chi connectivity index (χ3v) is 5.04. The van der Waals surface area contributed by atoms with E-state index in [1.165, 1.54) is 11.3 Å². The molecule has 1 fully saturated rings. The zero-order valence-corrected chi connectivity index (χ0v) is 13.9. The van der Waals surface area contributed by atoms with Gasteiger partial charge in [-0.3, -0.25) is 4.79 Å². The largest absolute Gasteiger partial charge is 0.459 e. The number of nitrogens with zero attached hydrogens (tertiary/aromatic N) is 1. The highest BCUT2D eigenvalue weighted by Gasteiger charge is 2.28. The Morgan fingerprint density at radius 2 is 2.25 bits per heavy atom. The number of benzene rings is 1. The number of carbonyl (C=O) groups is 1. The summed E-state index contributed by atoms with van der Waals surface area (Å²) in [6.45, 7) is 4.71. The monoisotopic (exact) mass is 325 g/mol. The highest BCUT2D eigenvalue weighted by molar-refractivity contribution is 5.93. The van der Waals surface area contributed by atoms with E-state index in [0.29, 0.717) is 18.3 Å². The van der Waals surface area contributed by atoms with Gasteiger partial charge in [0.15, 0.2) is 5.76 Å². The molecule has 2 N–H and O–H groups in total. The SMILES string of the molecule is C[C@H]1Cc2ccccc2N1Cc1ccoc1C(=O)N[C@H]1CCNC1. The summed E-state index contributed by atoms with van der Waals surface area (Å²) in [5.74, 6) is 0.335. The number of hydrogen-bond acceptors (Lipinski definition) is 4.